The van der Waals surface area contributed by atoms with E-state index >= 15 is 0 Å². The second kappa shape index (κ2) is 9.16. The highest BCUT2D eigenvalue weighted by atomic mass is 16.2. The van der Waals surface area contributed by atoms with Gasteiger partial charge in [0.05, 0.1) is 11.4 Å². The Balaban J connectivity index is 1.95. The third-order valence-corrected chi connectivity index (χ3v) is 5.05. The first-order valence-electron chi connectivity index (χ1n) is 10.4. The number of amides is 2. The van der Waals surface area contributed by atoms with Crippen LogP contribution in [0.3, 0.4) is 0 Å². The summed E-state index contributed by atoms with van der Waals surface area (Å²) < 4.78 is 1.77. The molecule has 0 aliphatic heterocycles. The molecular weight excluding hydrogens is 388 g/mol. The van der Waals surface area contributed by atoms with Crippen LogP contribution < -0.4 is 10.6 Å². The van der Waals surface area contributed by atoms with Crippen molar-refractivity contribution in [3.63, 3.8) is 0 Å². The second-order valence-corrected chi connectivity index (χ2v) is 8.80. The third kappa shape index (κ3) is 5.60. The average molecular weight is 419 g/mol. The fourth-order valence-corrected chi connectivity index (χ4v) is 3.34. The van der Waals surface area contributed by atoms with E-state index in [1.807, 2.05) is 67.6 Å². The number of benzene rings is 2. The molecule has 0 spiro atoms. The summed E-state index contributed by atoms with van der Waals surface area (Å²) in [6, 6.07) is 18.7. The Kier molecular flexibility index (Phi) is 6.59. The fraction of sp³-hybridized carbons (Fsp3) is 0.320. The molecule has 1 atom stereocenters. The van der Waals surface area contributed by atoms with Crippen LogP contribution in [0.4, 0.5) is 5.82 Å². The molecule has 0 aliphatic carbocycles. The Bertz CT molecular complexity index is 1060. The molecule has 2 amide bonds. The van der Waals surface area contributed by atoms with E-state index in [9.17, 15) is 9.59 Å². The lowest BCUT2D eigenvalue weighted by Crippen LogP contribution is -2.44. The average Bonchev–Trinajstić information content (AvgIpc) is 3.12. The van der Waals surface area contributed by atoms with Crippen LogP contribution in [0.25, 0.3) is 5.69 Å². The van der Waals surface area contributed by atoms with Crippen LogP contribution in [-0.2, 0) is 21.4 Å². The number of carbonyl (C=O) groups is 2. The first-order valence-corrected chi connectivity index (χ1v) is 10.4. The summed E-state index contributed by atoms with van der Waals surface area (Å²) >= 11 is 0. The Morgan fingerprint density at radius 1 is 1.03 bits per heavy atom. The maximum Gasteiger partial charge on any atom is 0.248 e. The molecule has 0 radical (unpaired) electrons. The Labute approximate surface area is 183 Å². The summed E-state index contributed by atoms with van der Waals surface area (Å²) in [6.45, 7) is 9.67. The van der Waals surface area contributed by atoms with Crippen molar-refractivity contribution in [1.82, 2.24) is 15.1 Å². The molecule has 6 nitrogen and oxygen atoms in total. The number of hydrogen-bond acceptors (Lipinski definition) is 3. The number of para-hydroxylation sites is 1. The van der Waals surface area contributed by atoms with Gasteiger partial charge in [0, 0.05) is 24.8 Å². The van der Waals surface area contributed by atoms with Gasteiger partial charge in [0.1, 0.15) is 11.9 Å². The van der Waals surface area contributed by atoms with Crippen molar-refractivity contribution in [2.24, 2.45) is 0 Å². The lowest BCUT2D eigenvalue weighted by atomic mass is 9.92. The second-order valence-electron chi connectivity index (χ2n) is 8.80. The Morgan fingerprint density at radius 2 is 1.68 bits per heavy atom. The number of anilines is 1. The van der Waals surface area contributed by atoms with Crippen molar-refractivity contribution < 1.29 is 9.59 Å². The zero-order valence-corrected chi connectivity index (χ0v) is 18.8. The number of carbonyl (C=O) groups excluding carboxylic acids is 2. The molecule has 2 aromatic carbocycles. The van der Waals surface area contributed by atoms with Gasteiger partial charge in [-0.25, -0.2) is 4.68 Å². The van der Waals surface area contributed by atoms with Gasteiger partial charge in [-0.05, 0) is 24.1 Å². The van der Waals surface area contributed by atoms with Crippen molar-refractivity contribution in [1.29, 1.82) is 0 Å². The number of rotatable bonds is 6. The van der Waals surface area contributed by atoms with Crippen molar-refractivity contribution in [2.75, 3.05) is 5.32 Å². The molecule has 162 valence electrons. The molecule has 6 heteroatoms. The zero-order valence-electron chi connectivity index (χ0n) is 18.8. The monoisotopic (exact) mass is 418 g/mol. The van der Waals surface area contributed by atoms with Crippen LogP contribution in [-0.4, -0.2) is 27.6 Å². The molecule has 1 heterocycles. The van der Waals surface area contributed by atoms with E-state index in [0.29, 0.717) is 12.2 Å². The number of nitrogens with one attached hydrogen (secondary N) is 2. The summed E-state index contributed by atoms with van der Waals surface area (Å²) in [6.07, 6.45) is 0.400. The van der Waals surface area contributed by atoms with E-state index in [1.54, 1.807) is 4.68 Å². The molecule has 1 unspecified atom stereocenters. The van der Waals surface area contributed by atoms with Crippen molar-refractivity contribution in [3.8, 4) is 5.69 Å². The summed E-state index contributed by atoms with van der Waals surface area (Å²) in [7, 11) is 0. The molecule has 1 aromatic heterocycles. The van der Waals surface area contributed by atoms with Gasteiger partial charge in [-0.2, -0.15) is 5.10 Å². The quantitative estimate of drug-likeness (QED) is 0.631. The summed E-state index contributed by atoms with van der Waals surface area (Å²) in [5.41, 5.74) is 3.59. The predicted molar refractivity (Wildman–Crippen MR) is 123 cm³/mol. The Hall–Kier alpha value is -3.41. The Morgan fingerprint density at radius 3 is 2.29 bits per heavy atom. The maximum absolute atomic E-state index is 13.2. The van der Waals surface area contributed by atoms with Gasteiger partial charge < -0.3 is 10.6 Å². The smallest absolute Gasteiger partial charge is 0.248 e. The van der Waals surface area contributed by atoms with Crippen LogP contribution in [0, 0.1) is 6.92 Å². The SMILES string of the molecule is CC(=O)NC(Cc1ccccc1)C(=O)Nc1cc(C(C)(C)C)nn1-c1ccccc1C. The first kappa shape index (κ1) is 22.3. The fourth-order valence-electron chi connectivity index (χ4n) is 3.34. The summed E-state index contributed by atoms with van der Waals surface area (Å²) in [5.74, 6) is 0.0424. The molecule has 3 rings (SSSR count). The zero-order chi connectivity index (χ0) is 22.6. The minimum atomic E-state index is -0.696. The van der Waals surface area contributed by atoms with Gasteiger partial charge in [0.25, 0.3) is 0 Å². The standard InChI is InChI=1S/C25H30N4O2/c1-17-11-9-10-14-21(17)29-23(16-22(28-29)25(3,4)5)27-24(31)20(26-18(2)30)15-19-12-7-6-8-13-19/h6-14,16,20H,15H2,1-5H3,(H,26,30)(H,27,31). The third-order valence-electron chi connectivity index (χ3n) is 5.05. The maximum atomic E-state index is 13.2. The molecule has 3 aromatic rings. The number of aromatic nitrogens is 2. The van der Waals surface area contributed by atoms with Crippen LogP contribution in [0.15, 0.2) is 60.7 Å². The lowest BCUT2D eigenvalue weighted by Gasteiger charge is -2.18. The predicted octanol–water partition coefficient (Wildman–Crippen LogP) is 4.16. The van der Waals surface area contributed by atoms with Crippen LogP contribution >= 0.6 is 0 Å². The largest absolute Gasteiger partial charge is 0.344 e. The molecule has 0 fully saturated rings. The number of hydrogen-bond donors (Lipinski definition) is 2. The van der Waals surface area contributed by atoms with E-state index < -0.39 is 6.04 Å². The molecular formula is C25H30N4O2. The minimum Gasteiger partial charge on any atom is -0.344 e. The van der Waals surface area contributed by atoms with Gasteiger partial charge >= 0.3 is 0 Å². The molecule has 0 aliphatic rings. The minimum absolute atomic E-state index is 0.186. The molecule has 0 bridgehead atoms. The summed E-state index contributed by atoms with van der Waals surface area (Å²) in [5, 5.41) is 10.6. The molecule has 31 heavy (non-hydrogen) atoms. The van der Waals surface area contributed by atoms with Gasteiger partial charge in [-0.15, -0.1) is 0 Å². The van der Waals surface area contributed by atoms with Gasteiger partial charge in [-0.1, -0.05) is 69.3 Å². The van der Waals surface area contributed by atoms with Gasteiger partial charge in [0.2, 0.25) is 11.8 Å². The first-order chi connectivity index (χ1) is 14.6. The van der Waals surface area contributed by atoms with Crippen LogP contribution in [0.5, 0.6) is 0 Å². The normalized spacial score (nSPS) is 12.3. The van der Waals surface area contributed by atoms with E-state index in [-0.39, 0.29) is 17.2 Å². The van der Waals surface area contributed by atoms with Crippen molar-refractivity contribution >= 4 is 17.6 Å². The molecule has 0 saturated carbocycles. The highest BCUT2D eigenvalue weighted by molar-refractivity contribution is 5.96. The molecule has 0 saturated heterocycles. The van der Waals surface area contributed by atoms with Gasteiger partial charge in [-0.3, -0.25) is 9.59 Å². The highest BCUT2D eigenvalue weighted by Gasteiger charge is 2.25. The van der Waals surface area contributed by atoms with E-state index in [1.165, 1.54) is 6.92 Å². The molecule has 2 N–H and O–H groups in total. The van der Waals surface area contributed by atoms with E-state index in [4.69, 9.17) is 5.10 Å². The van der Waals surface area contributed by atoms with Crippen LogP contribution in [0.2, 0.25) is 0 Å². The van der Waals surface area contributed by atoms with Crippen LogP contribution in [0.1, 0.15) is 44.5 Å². The van der Waals surface area contributed by atoms with E-state index in [0.717, 1.165) is 22.5 Å². The van der Waals surface area contributed by atoms with Crippen molar-refractivity contribution in [2.45, 2.75) is 52.5 Å². The van der Waals surface area contributed by atoms with Crippen molar-refractivity contribution in [3.05, 3.63) is 77.5 Å². The highest BCUT2D eigenvalue weighted by Crippen LogP contribution is 2.27. The number of aryl methyl sites for hydroxylation is 1. The summed E-state index contributed by atoms with van der Waals surface area (Å²) in [4.78, 5) is 25.0. The lowest BCUT2D eigenvalue weighted by molar-refractivity contribution is -0.125. The number of nitrogens with zero attached hydrogens (tertiary/aromatic N) is 2. The van der Waals surface area contributed by atoms with E-state index in [2.05, 4.69) is 31.4 Å². The topological polar surface area (TPSA) is 76.0 Å². The van der Waals surface area contributed by atoms with Gasteiger partial charge in [0.15, 0.2) is 0 Å².